The zero-order valence-electron chi connectivity index (χ0n) is 20.2. The molecule has 0 amide bonds. The van der Waals surface area contributed by atoms with Crippen LogP contribution < -0.4 is 18.8 Å². The van der Waals surface area contributed by atoms with Crippen molar-refractivity contribution in [2.75, 3.05) is 7.11 Å². The summed E-state index contributed by atoms with van der Waals surface area (Å²) in [5.41, 5.74) is 1.31. The molecule has 1 nitrogen and oxygen atoms in total. The molecule has 0 fully saturated rings. The standard InChI is InChI=1S/C9H8O.4C6H5.2Sb/c1-3-8-4-6-9(10-2)7-5-8;4*1-2-4-6-5-3-1;;/h1,4-7H,2H3;4*1-5H;;. The van der Waals surface area contributed by atoms with Crippen LogP contribution in [0.5, 0.6) is 5.75 Å². The summed E-state index contributed by atoms with van der Waals surface area (Å²) in [6.45, 7) is 0. The summed E-state index contributed by atoms with van der Waals surface area (Å²) in [6.07, 6.45) is 0. The van der Waals surface area contributed by atoms with Crippen LogP contribution in [0.1, 0.15) is 5.56 Å². The summed E-state index contributed by atoms with van der Waals surface area (Å²) in [7, 11) is 1.73. The average molecular weight is 684 g/mol. The Morgan fingerprint density at radius 3 is 1.28 bits per heavy atom. The molecule has 0 N–H and O–H groups in total. The van der Waals surface area contributed by atoms with E-state index >= 15 is 0 Å². The second-order valence-electron chi connectivity index (χ2n) is 8.29. The molecule has 0 radical (unpaired) electrons. The average Bonchev–Trinajstić information content (AvgIpc) is 2.97. The number of hydrogen-bond acceptors (Lipinski definition) is 1. The fourth-order valence-corrected chi connectivity index (χ4v) is 20.9. The van der Waals surface area contributed by atoms with Gasteiger partial charge in [0.25, 0.3) is 0 Å². The van der Waals surface area contributed by atoms with Crippen molar-refractivity contribution in [1.29, 1.82) is 0 Å². The summed E-state index contributed by atoms with van der Waals surface area (Å²) in [5, 5.41) is 0. The second kappa shape index (κ2) is 12.5. The Morgan fingerprint density at radius 2 is 0.889 bits per heavy atom. The van der Waals surface area contributed by atoms with Crippen molar-refractivity contribution in [3.8, 4) is 5.75 Å². The van der Waals surface area contributed by atoms with Crippen LogP contribution in [-0.4, -0.2) is 47.5 Å². The Labute approximate surface area is 229 Å². The van der Waals surface area contributed by atoms with Crippen molar-refractivity contribution >= 4 is 58.0 Å². The van der Waals surface area contributed by atoms with Crippen LogP contribution in [-0.2, 0) is 0 Å². The molecule has 5 aromatic carbocycles. The number of ether oxygens (including phenoxy) is 1. The van der Waals surface area contributed by atoms with Gasteiger partial charge < -0.3 is 0 Å². The second-order valence-corrected chi connectivity index (χ2v) is 20.3. The monoisotopic (exact) mass is 682 g/mol. The number of rotatable bonds is 8. The van der Waals surface area contributed by atoms with E-state index in [0.717, 1.165) is 5.75 Å². The van der Waals surface area contributed by atoms with Gasteiger partial charge in [0.1, 0.15) is 0 Å². The minimum absolute atomic E-state index is 0.893. The summed E-state index contributed by atoms with van der Waals surface area (Å²) >= 11 is -4.58. The van der Waals surface area contributed by atoms with Gasteiger partial charge in [-0.1, -0.05) is 0 Å². The summed E-state index contributed by atoms with van der Waals surface area (Å²) in [6, 6.07) is 53.3. The van der Waals surface area contributed by atoms with Gasteiger partial charge in [-0.25, -0.2) is 0 Å². The molecule has 0 aliphatic carbocycles. The van der Waals surface area contributed by atoms with E-state index < -0.39 is 40.4 Å². The van der Waals surface area contributed by atoms with Crippen LogP contribution >= 0.6 is 0 Å². The Bertz CT molecular complexity index is 1310. The van der Waals surface area contributed by atoms with E-state index in [-0.39, 0.29) is 0 Å². The molecule has 36 heavy (non-hydrogen) atoms. The number of methoxy groups -OCH3 is 1. The van der Waals surface area contributed by atoms with E-state index in [1.807, 2.05) is 0 Å². The molecule has 3 heteroatoms. The number of hydrogen-bond donors (Lipinski definition) is 0. The topological polar surface area (TPSA) is 9.23 Å². The maximum absolute atomic E-state index is 5.51. The van der Waals surface area contributed by atoms with Gasteiger partial charge in [-0.05, 0) is 0 Å². The van der Waals surface area contributed by atoms with Crippen LogP contribution in [0.15, 0.2) is 150 Å². The van der Waals surface area contributed by atoms with Gasteiger partial charge >= 0.3 is 231 Å². The molecule has 5 rings (SSSR count). The molecule has 0 spiro atoms. The van der Waals surface area contributed by atoms with Crippen LogP contribution in [0, 0.1) is 0 Å². The van der Waals surface area contributed by atoms with E-state index in [4.69, 9.17) is 4.74 Å². The molecule has 0 aromatic heterocycles. The molecule has 0 bridgehead atoms. The van der Waals surface area contributed by atoms with E-state index in [9.17, 15) is 0 Å². The van der Waals surface area contributed by atoms with Crippen LogP contribution in [0.4, 0.5) is 0 Å². The molecular weight excluding hydrogens is 656 g/mol. The normalized spacial score (nSPS) is 11.6. The molecular formula is C33H28OSb2. The van der Waals surface area contributed by atoms with E-state index in [1.165, 1.54) is 23.1 Å². The van der Waals surface area contributed by atoms with E-state index in [2.05, 4.69) is 150 Å². The first-order chi connectivity index (χ1) is 17.8. The molecule has 0 aliphatic rings. The Balaban J connectivity index is 1.76. The van der Waals surface area contributed by atoms with E-state index in [1.54, 1.807) is 7.11 Å². The third-order valence-corrected chi connectivity index (χ3v) is 21.3. The molecule has 0 aliphatic heterocycles. The predicted molar refractivity (Wildman–Crippen MR) is 157 cm³/mol. The predicted octanol–water partition coefficient (Wildman–Crippen LogP) is 4.78. The van der Waals surface area contributed by atoms with Gasteiger partial charge in [-0.15, -0.1) is 0 Å². The molecule has 0 atom stereocenters. The van der Waals surface area contributed by atoms with Crippen LogP contribution in [0.2, 0.25) is 0 Å². The quantitative estimate of drug-likeness (QED) is 0.214. The molecule has 0 saturated carbocycles. The SMILES string of the molecule is COc1ccc(/[C](=[CH]\[Sb]([c]2ccccc2)[c]2ccccc2)[Sb]([c]2ccccc2)[c]2ccccc2)cc1. The van der Waals surface area contributed by atoms with Crippen molar-refractivity contribution in [2.45, 2.75) is 0 Å². The molecule has 5 aromatic rings. The third kappa shape index (κ3) is 5.97. The first kappa shape index (κ1) is 24.9. The summed E-state index contributed by atoms with van der Waals surface area (Å²) < 4.78 is 15.7. The van der Waals surface area contributed by atoms with Gasteiger partial charge in [0.15, 0.2) is 0 Å². The molecule has 0 heterocycles. The van der Waals surface area contributed by atoms with Crippen LogP contribution in [0.3, 0.4) is 0 Å². The molecule has 0 saturated heterocycles. The number of benzene rings is 5. The zero-order valence-corrected chi connectivity index (χ0v) is 25.3. The fraction of sp³-hybridized carbons (Fsp3) is 0.0303. The third-order valence-electron chi connectivity index (χ3n) is 5.98. The zero-order chi connectivity index (χ0) is 24.6. The van der Waals surface area contributed by atoms with Gasteiger partial charge in [-0.2, -0.15) is 0 Å². The van der Waals surface area contributed by atoms with Crippen molar-refractivity contribution in [1.82, 2.24) is 0 Å². The van der Waals surface area contributed by atoms with Gasteiger partial charge in [0.2, 0.25) is 0 Å². The summed E-state index contributed by atoms with van der Waals surface area (Å²) in [5.74, 6) is 0.893. The molecule has 176 valence electrons. The Hall–Kier alpha value is -2.72. The van der Waals surface area contributed by atoms with Crippen molar-refractivity contribution < 1.29 is 4.74 Å². The fourth-order valence-electron chi connectivity index (χ4n) is 4.20. The van der Waals surface area contributed by atoms with Gasteiger partial charge in [0, 0.05) is 0 Å². The van der Waals surface area contributed by atoms with Crippen molar-refractivity contribution in [3.63, 3.8) is 0 Å². The Morgan fingerprint density at radius 1 is 0.500 bits per heavy atom. The van der Waals surface area contributed by atoms with Gasteiger partial charge in [-0.3, -0.25) is 0 Å². The first-order valence-electron chi connectivity index (χ1n) is 12.0. The minimum atomic E-state index is -2.35. The van der Waals surface area contributed by atoms with Crippen molar-refractivity contribution in [2.24, 2.45) is 0 Å². The summed E-state index contributed by atoms with van der Waals surface area (Å²) in [4.78, 5) is 0. The maximum atomic E-state index is 5.51. The van der Waals surface area contributed by atoms with Crippen LogP contribution in [0.25, 0.3) is 3.52 Å². The van der Waals surface area contributed by atoms with E-state index in [0.29, 0.717) is 0 Å². The Kier molecular flexibility index (Phi) is 8.66. The van der Waals surface area contributed by atoms with Gasteiger partial charge in [0.05, 0.1) is 0 Å². The van der Waals surface area contributed by atoms with Crippen molar-refractivity contribution in [3.05, 3.63) is 155 Å². The molecule has 0 unspecified atom stereocenters. The first-order valence-corrected chi connectivity index (χ1v) is 19.8.